The first kappa shape index (κ1) is 10.2. The maximum atomic E-state index is 4.55. The fourth-order valence-electron chi connectivity index (χ4n) is 2.14. The second-order valence-electron chi connectivity index (χ2n) is 4.76. The number of nitrogens with zero attached hydrogens (tertiary/aromatic N) is 3. The lowest BCUT2D eigenvalue weighted by atomic mass is 10.3. The lowest BCUT2D eigenvalue weighted by molar-refractivity contribution is 0.242. The van der Waals surface area contributed by atoms with Crippen molar-refractivity contribution in [1.29, 1.82) is 0 Å². The highest BCUT2D eigenvalue weighted by atomic mass is 15.2. The lowest BCUT2D eigenvalue weighted by Crippen LogP contribution is -2.44. The zero-order valence-electron chi connectivity index (χ0n) is 9.58. The van der Waals surface area contributed by atoms with Crippen LogP contribution in [0.4, 0.5) is 0 Å². The van der Waals surface area contributed by atoms with E-state index >= 15 is 0 Å². The molecule has 0 unspecified atom stereocenters. The molecule has 1 aliphatic carbocycles. The van der Waals surface area contributed by atoms with E-state index in [1.807, 2.05) is 0 Å². The van der Waals surface area contributed by atoms with Gasteiger partial charge in [-0.25, -0.2) is 4.98 Å². The molecule has 2 fully saturated rings. The highest BCUT2D eigenvalue weighted by Gasteiger charge is 2.27. The van der Waals surface area contributed by atoms with E-state index < -0.39 is 0 Å². The summed E-state index contributed by atoms with van der Waals surface area (Å²) in [4.78, 5) is 7.03. The van der Waals surface area contributed by atoms with Crippen molar-refractivity contribution < 1.29 is 0 Å². The van der Waals surface area contributed by atoms with E-state index in [9.17, 15) is 0 Å². The normalized spacial score (nSPS) is 22.5. The first-order chi connectivity index (χ1) is 7.92. The van der Waals surface area contributed by atoms with E-state index in [-0.39, 0.29) is 0 Å². The van der Waals surface area contributed by atoms with Gasteiger partial charge in [0.15, 0.2) is 5.82 Å². The molecule has 2 aliphatic rings. The molecule has 0 aromatic carbocycles. The Kier molecular flexibility index (Phi) is 2.88. The van der Waals surface area contributed by atoms with Gasteiger partial charge >= 0.3 is 0 Å². The topological polar surface area (TPSA) is 56.8 Å². The molecule has 5 nitrogen and oxygen atoms in total. The minimum atomic E-state index is 0.657. The average molecular weight is 221 g/mol. The zero-order valence-corrected chi connectivity index (χ0v) is 9.58. The largest absolute Gasteiger partial charge is 0.314 e. The van der Waals surface area contributed by atoms with Gasteiger partial charge in [-0.15, -0.1) is 0 Å². The van der Waals surface area contributed by atoms with Crippen LogP contribution in [0.5, 0.6) is 0 Å². The quantitative estimate of drug-likeness (QED) is 0.759. The summed E-state index contributed by atoms with van der Waals surface area (Å²) < 4.78 is 0. The van der Waals surface area contributed by atoms with Crippen molar-refractivity contribution >= 4 is 0 Å². The predicted octanol–water partition coefficient (Wildman–Crippen LogP) is 0.130. The lowest BCUT2D eigenvalue weighted by Gasteiger charge is -2.26. The standard InChI is InChI=1S/C11H19N5/c1-2-9(1)11-13-10(14-15-11)3-6-16-7-4-12-5-8-16/h9,12H,1-8H2,(H,13,14,15). The Bertz CT molecular complexity index is 338. The Morgan fingerprint density at radius 3 is 2.81 bits per heavy atom. The van der Waals surface area contributed by atoms with E-state index in [2.05, 4.69) is 25.4 Å². The molecule has 88 valence electrons. The van der Waals surface area contributed by atoms with Gasteiger partial charge in [-0.1, -0.05) is 0 Å². The summed E-state index contributed by atoms with van der Waals surface area (Å²) in [6.45, 7) is 5.64. The molecule has 1 aliphatic heterocycles. The maximum absolute atomic E-state index is 4.55. The van der Waals surface area contributed by atoms with Crippen LogP contribution in [0.25, 0.3) is 0 Å². The van der Waals surface area contributed by atoms with Crippen molar-refractivity contribution in [1.82, 2.24) is 25.4 Å². The van der Waals surface area contributed by atoms with Crippen LogP contribution >= 0.6 is 0 Å². The molecule has 0 atom stereocenters. The molecule has 3 rings (SSSR count). The second-order valence-corrected chi connectivity index (χ2v) is 4.76. The van der Waals surface area contributed by atoms with Gasteiger partial charge in [0.05, 0.1) is 0 Å². The summed E-state index contributed by atoms with van der Waals surface area (Å²) in [5.74, 6) is 2.75. The SMILES string of the molecule is C1CN(CCc2nc(C3CC3)n[nH]2)CCN1. The van der Waals surface area contributed by atoms with Crippen LogP contribution in [0, 0.1) is 0 Å². The fraction of sp³-hybridized carbons (Fsp3) is 0.818. The van der Waals surface area contributed by atoms with E-state index in [0.717, 1.165) is 50.8 Å². The average Bonchev–Trinajstić information content (AvgIpc) is 3.08. The highest BCUT2D eigenvalue weighted by Crippen LogP contribution is 2.37. The van der Waals surface area contributed by atoms with Crippen LogP contribution in [-0.4, -0.2) is 52.8 Å². The predicted molar refractivity (Wildman–Crippen MR) is 61.4 cm³/mol. The molecule has 2 N–H and O–H groups in total. The van der Waals surface area contributed by atoms with Crippen LogP contribution in [-0.2, 0) is 6.42 Å². The minimum absolute atomic E-state index is 0.657. The molecule has 1 saturated carbocycles. The van der Waals surface area contributed by atoms with E-state index in [0.29, 0.717) is 5.92 Å². The van der Waals surface area contributed by atoms with Crippen LogP contribution in [0.3, 0.4) is 0 Å². The third-order valence-corrected chi connectivity index (χ3v) is 3.37. The first-order valence-electron chi connectivity index (χ1n) is 6.26. The van der Waals surface area contributed by atoms with Crippen LogP contribution in [0.2, 0.25) is 0 Å². The minimum Gasteiger partial charge on any atom is -0.314 e. The number of H-pyrrole nitrogens is 1. The van der Waals surface area contributed by atoms with Crippen LogP contribution in [0.15, 0.2) is 0 Å². The zero-order chi connectivity index (χ0) is 10.8. The van der Waals surface area contributed by atoms with Crippen LogP contribution < -0.4 is 5.32 Å². The number of aromatic amines is 1. The summed E-state index contributed by atoms with van der Waals surface area (Å²) >= 11 is 0. The van der Waals surface area contributed by atoms with Gasteiger partial charge in [0.1, 0.15) is 5.82 Å². The Labute approximate surface area is 95.6 Å². The number of piperazine rings is 1. The molecule has 0 amide bonds. The summed E-state index contributed by atoms with van der Waals surface area (Å²) in [6, 6.07) is 0. The molecular weight excluding hydrogens is 202 g/mol. The summed E-state index contributed by atoms with van der Waals surface area (Å²) in [6.07, 6.45) is 3.55. The van der Waals surface area contributed by atoms with Crippen molar-refractivity contribution in [2.45, 2.75) is 25.2 Å². The number of rotatable bonds is 4. The molecule has 0 radical (unpaired) electrons. The van der Waals surface area contributed by atoms with Gasteiger partial charge in [-0.05, 0) is 12.8 Å². The molecule has 0 bridgehead atoms. The Morgan fingerprint density at radius 2 is 2.06 bits per heavy atom. The van der Waals surface area contributed by atoms with Crippen molar-refractivity contribution in [3.8, 4) is 0 Å². The Hall–Kier alpha value is -0.940. The van der Waals surface area contributed by atoms with Crippen molar-refractivity contribution in [2.24, 2.45) is 0 Å². The first-order valence-corrected chi connectivity index (χ1v) is 6.26. The molecule has 1 aromatic heterocycles. The molecule has 1 aromatic rings. The van der Waals surface area contributed by atoms with Crippen molar-refractivity contribution in [3.05, 3.63) is 11.6 Å². The monoisotopic (exact) mass is 221 g/mol. The van der Waals surface area contributed by atoms with E-state index in [4.69, 9.17) is 0 Å². The molecule has 5 heteroatoms. The third-order valence-electron chi connectivity index (χ3n) is 3.37. The maximum Gasteiger partial charge on any atom is 0.153 e. The van der Waals surface area contributed by atoms with E-state index in [1.165, 1.54) is 12.8 Å². The highest BCUT2D eigenvalue weighted by molar-refractivity contribution is 5.05. The Balaban J connectivity index is 1.49. The molecule has 0 spiro atoms. The number of hydrogen-bond donors (Lipinski definition) is 2. The number of hydrogen-bond acceptors (Lipinski definition) is 4. The molecule has 16 heavy (non-hydrogen) atoms. The molecular formula is C11H19N5. The smallest absolute Gasteiger partial charge is 0.153 e. The number of aromatic nitrogens is 3. The summed E-state index contributed by atoms with van der Waals surface area (Å²) in [7, 11) is 0. The van der Waals surface area contributed by atoms with Crippen molar-refractivity contribution in [2.75, 3.05) is 32.7 Å². The van der Waals surface area contributed by atoms with Crippen LogP contribution in [0.1, 0.15) is 30.4 Å². The Morgan fingerprint density at radius 1 is 1.25 bits per heavy atom. The second kappa shape index (κ2) is 4.51. The van der Waals surface area contributed by atoms with Gasteiger partial charge in [-0.3, -0.25) is 5.10 Å². The van der Waals surface area contributed by atoms with E-state index in [1.54, 1.807) is 0 Å². The molecule has 2 heterocycles. The van der Waals surface area contributed by atoms with Gasteiger partial charge < -0.3 is 10.2 Å². The number of nitrogens with one attached hydrogen (secondary N) is 2. The van der Waals surface area contributed by atoms with Gasteiger partial charge in [0.25, 0.3) is 0 Å². The fourth-order valence-corrected chi connectivity index (χ4v) is 2.14. The van der Waals surface area contributed by atoms with Gasteiger partial charge in [0, 0.05) is 45.1 Å². The van der Waals surface area contributed by atoms with Gasteiger partial charge in [-0.2, -0.15) is 5.10 Å². The van der Waals surface area contributed by atoms with Crippen molar-refractivity contribution in [3.63, 3.8) is 0 Å². The molecule has 1 saturated heterocycles. The van der Waals surface area contributed by atoms with Gasteiger partial charge in [0.2, 0.25) is 0 Å². The summed E-state index contributed by atoms with van der Waals surface area (Å²) in [5, 5.41) is 10.7. The third kappa shape index (κ3) is 2.41. The summed E-state index contributed by atoms with van der Waals surface area (Å²) in [5.41, 5.74) is 0.